The van der Waals surface area contributed by atoms with E-state index in [2.05, 4.69) is 22.5 Å². The van der Waals surface area contributed by atoms with Gasteiger partial charge in [-0.15, -0.1) is 0 Å². The first kappa shape index (κ1) is 25.0. The summed E-state index contributed by atoms with van der Waals surface area (Å²) in [5.74, 6) is 5.78. The number of sulfone groups is 1. The molecule has 1 aliphatic rings. The van der Waals surface area contributed by atoms with Crippen LogP contribution in [0.15, 0.2) is 53.4 Å². The van der Waals surface area contributed by atoms with Gasteiger partial charge >= 0.3 is 6.18 Å². The normalized spacial score (nSPS) is 15.0. The van der Waals surface area contributed by atoms with E-state index in [1.165, 1.54) is 23.1 Å². The molecule has 1 fully saturated rings. The molecule has 5 nitrogen and oxygen atoms in total. The Morgan fingerprint density at radius 1 is 1.06 bits per heavy atom. The van der Waals surface area contributed by atoms with Crippen LogP contribution in [0.4, 0.5) is 24.5 Å². The maximum atomic E-state index is 13.4. The molecule has 35 heavy (non-hydrogen) atoms. The number of halogens is 3. The van der Waals surface area contributed by atoms with E-state index in [1.807, 2.05) is 6.07 Å². The van der Waals surface area contributed by atoms with Gasteiger partial charge in [-0.25, -0.2) is 8.42 Å². The molecule has 9 heteroatoms. The smallest absolute Gasteiger partial charge is 0.382 e. The minimum atomic E-state index is -4.38. The fourth-order valence-corrected chi connectivity index (χ4v) is 5.06. The third kappa shape index (κ3) is 6.51. The first-order chi connectivity index (χ1) is 16.6. The largest absolute Gasteiger partial charge is 0.406 e. The molecule has 0 bridgehead atoms. The second-order valence-electron chi connectivity index (χ2n) is 8.90. The molecule has 0 spiro atoms. The Balaban J connectivity index is 1.57. The van der Waals surface area contributed by atoms with Gasteiger partial charge in [-0.05, 0) is 61.2 Å². The fraction of sp³-hybridized carbons (Fsp3) is 0.385. The van der Waals surface area contributed by atoms with Gasteiger partial charge in [0.1, 0.15) is 6.54 Å². The lowest BCUT2D eigenvalue weighted by Gasteiger charge is -2.24. The summed E-state index contributed by atoms with van der Waals surface area (Å²) in [6, 6.07) is 13.7. The molecule has 2 N–H and O–H groups in total. The number of nitrogens with one attached hydrogen (secondary N) is 2. The Morgan fingerprint density at radius 2 is 1.77 bits per heavy atom. The van der Waals surface area contributed by atoms with E-state index in [-0.39, 0.29) is 11.4 Å². The zero-order valence-electron chi connectivity index (χ0n) is 19.5. The molecule has 1 saturated carbocycles. The van der Waals surface area contributed by atoms with Crippen LogP contribution < -0.4 is 10.6 Å². The van der Waals surface area contributed by atoms with Crippen LogP contribution in [0.25, 0.3) is 10.9 Å². The van der Waals surface area contributed by atoms with E-state index >= 15 is 0 Å². The van der Waals surface area contributed by atoms with Crippen LogP contribution in [0.2, 0.25) is 0 Å². The lowest BCUT2D eigenvalue weighted by Crippen LogP contribution is -2.22. The quantitative estimate of drug-likeness (QED) is 0.417. The molecular formula is C26H28F3N3O2S. The topological polar surface area (TPSA) is 63.1 Å². The van der Waals surface area contributed by atoms with Gasteiger partial charge in [0.2, 0.25) is 0 Å². The standard InChI is InChI=1S/C26H28F3N3O2S/c1-35(33,34)22-14-12-19(13-15-22)30-16-6-9-21-17-23-24(31-20-7-3-2-4-8-20)10-5-11-25(23)32(21)18-26(27,28)29/h5,10-15,17,20,30-31H,2-4,7-8,16,18H2,1H3. The van der Waals surface area contributed by atoms with Crippen molar-refractivity contribution in [1.82, 2.24) is 4.57 Å². The predicted octanol–water partition coefficient (Wildman–Crippen LogP) is 5.82. The number of alkyl halides is 3. The van der Waals surface area contributed by atoms with E-state index < -0.39 is 22.6 Å². The summed E-state index contributed by atoms with van der Waals surface area (Å²) in [5, 5.41) is 7.31. The van der Waals surface area contributed by atoms with Crippen molar-refractivity contribution >= 4 is 32.1 Å². The van der Waals surface area contributed by atoms with Gasteiger partial charge in [0.05, 0.1) is 22.7 Å². The molecule has 1 aliphatic carbocycles. The molecule has 1 heterocycles. The summed E-state index contributed by atoms with van der Waals surface area (Å²) < 4.78 is 64.5. The molecule has 0 saturated heterocycles. The molecule has 0 radical (unpaired) electrons. The molecule has 3 aromatic rings. The number of nitrogens with zero attached hydrogens (tertiary/aromatic N) is 1. The van der Waals surface area contributed by atoms with E-state index in [0.717, 1.165) is 43.0 Å². The SMILES string of the molecule is CS(=O)(=O)c1ccc(NCC#Cc2cc3c(NC4CCCCC4)cccc3n2CC(F)(F)F)cc1. The van der Waals surface area contributed by atoms with Crippen molar-refractivity contribution in [1.29, 1.82) is 0 Å². The van der Waals surface area contributed by atoms with E-state index in [0.29, 0.717) is 22.9 Å². The third-order valence-electron chi connectivity index (χ3n) is 6.13. The second kappa shape index (κ2) is 10.2. The summed E-state index contributed by atoms with van der Waals surface area (Å²) >= 11 is 0. The Hall–Kier alpha value is -3.12. The first-order valence-electron chi connectivity index (χ1n) is 11.6. The average Bonchev–Trinajstić information content (AvgIpc) is 3.14. The first-order valence-corrected chi connectivity index (χ1v) is 13.5. The van der Waals surface area contributed by atoms with Gasteiger partial charge in [-0.1, -0.05) is 31.2 Å². The monoisotopic (exact) mass is 503 g/mol. The third-order valence-corrected chi connectivity index (χ3v) is 7.26. The number of aromatic nitrogens is 1. The molecule has 4 rings (SSSR count). The minimum Gasteiger partial charge on any atom is -0.382 e. The summed E-state index contributed by atoms with van der Waals surface area (Å²) in [6.07, 6.45) is 2.41. The van der Waals surface area contributed by atoms with Crippen molar-refractivity contribution in [3.63, 3.8) is 0 Å². The van der Waals surface area contributed by atoms with Crippen LogP contribution in [-0.4, -0.2) is 38.0 Å². The van der Waals surface area contributed by atoms with Gasteiger partial charge in [0.15, 0.2) is 9.84 Å². The lowest BCUT2D eigenvalue weighted by atomic mass is 9.95. The molecule has 0 amide bonds. The second-order valence-corrected chi connectivity index (χ2v) is 10.9. The highest BCUT2D eigenvalue weighted by atomic mass is 32.2. The van der Waals surface area contributed by atoms with Crippen LogP contribution >= 0.6 is 0 Å². The van der Waals surface area contributed by atoms with Gasteiger partial charge in [0, 0.05) is 29.1 Å². The molecule has 1 aromatic heterocycles. The Labute approximate surface area is 203 Å². The van der Waals surface area contributed by atoms with E-state index in [9.17, 15) is 21.6 Å². The molecule has 0 atom stereocenters. The van der Waals surface area contributed by atoms with Crippen molar-refractivity contribution in [2.45, 2.75) is 55.8 Å². The van der Waals surface area contributed by atoms with Crippen LogP contribution in [0, 0.1) is 11.8 Å². The van der Waals surface area contributed by atoms with Gasteiger partial charge in [-0.3, -0.25) is 0 Å². The van der Waals surface area contributed by atoms with Gasteiger partial charge < -0.3 is 15.2 Å². The van der Waals surface area contributed by atoms with Crippen molar-refractivity contribution in [3.8, 4) is 11.8 Å². The van der Waals surface area contributed by atoms with Gasteiger partial charge in [0.25, 0.3) is 0 Å². The summed E-state index contributed by atoms with van der Waals surface area (Å²) in [5.41, 5.74) is 2.30. The highest BCUT2D eigenvalue weighted by molar-refractivity contribution is 7.90. The van der Waals surface area contributed by atoms with E-state index in [1.54, 1.807) is 30.3 Å². The molecule has 186 valence electrons. The molecule has 0 unspecified atom stereocenters. The molecule has 2 aromatic carbocycles. The zero-order chi connectivity index (χ0) is 25.1. The minimum absolute atomic E-state index is 0.193. The number of rotatable bonds is 6. The number of benzene rings is 2. The summed E-state index contributed by atoms with van der Waals surface area (Å²) in [6.45, 7) is -0.924. The van der Waals surface area contributed by atoms with Crippen LogP contribution in [0.1, 0.15) is 37.8 Å². The van der Waals surface area contributed by atoms with Crippen molar-refractivity contribution in [2.24, 2.45) is 0 Å². The number of hydrogen-bond donors (Lipinski definition) is 2. The van der Waals surface area contributed by atoms with Crippen molar-refractivity contribution in [2.75, 3.05) is 23.4 Å². The van der Waals surface area contributed by atoms with Gasteiger partial charge in [-0.2, -0.15) is 13.2 Å². The van der Waals surface area contributed by atoms with Crippen molar-refractivity contribution in [3.05, 3.63) is 54.2 Å². The Kier molecular flexibility index (Phi) is 7.31. The Bertz CT molecular complexity index is 1340. The summed E-state index contributed by atoms with van der Waals surface area (Å²) in [7, 11) is -3.28. The highest BCUT2D eigenvalue weighted by Gasteiger charge is 2.30. The maximum absolute atomic E-state index is 13.4. The Morgan fingerprint density at radius 3 is 2.43 bits per heavy atom. The number of fused-ring (bicyclic) bond motifs is 1. The van der Waals surface area contributed by atoms with E-state index in [4.69, 9.17) is 0 Å². The predicted molar refractivity (Wildman–Crippen MR) is 133 cm³/mol. The lowest BCUT2D eigenvalue weighted by molar-refractivity contribution is -0.140. The zero-order valence-corrected chi connectivity index (χ0v) is 20.3. The van der Waals surface area contributed by atoms with Crippen LogP contribution in [0.3, 0.4) is 0 Å². The van der Waals surface area contributed by atoms with Crippen molar-refractivity contribution < 1.29 is 21.6 Å². The number of anilines is 2. The fourth-order valence-electron chi connectivity index (χ4n) is 4.43. The van der Waals surface area contributed by atoms with Crippen LogP contribution in [-0.2, 0) is 16.4 Å². The molecular weight excluding hydrogens is 475 g/mol. The van der Waals surface area contributed by atoms with Crippen LogP contribution in [0.5, 0.6) is 0 Å². The number of hydrogen-bond acceptors (Lipinski definition) is 4. The maximum Gasteiger partial charge on any atom is 0.406 e. The highest BCUT2D eigenvalue weighted by Crippen LogP contribution is 2.32. The summed E-state index contributed by atoms with van der Waals surface area (Å²) in [4.78, 5) is 0.212. The molecule has 0 aliphatic heterocycles. The average molecular weight is 504 g/mol.